The summed E-state index contributed by atoms with van der Waals surface area (Å²) in [4.78, 5) is 4.16. The highest BCUT2D eigenvalue weighted by atomic mass is 127. The van der Waals surface area contributed by atoms with Gasteiger partial charge in [-0.2, -0.15) is 0 Å². The predicted molar refractivity (Wildman–Crippen MR) is 59.0 cm³/mol. The van der Waals surface area contributed by atoms with E-state index in [1.54, 1.807) is 9.63 Å². The van der Waals surface area contributed by atoms with E-state index < -0.39 is 0 Å². The summed E-state index contributed by atoms with van der Waals surface area (Å²) in [7, 11) is 0. The first-order valence-electron chi connectivity index (χ1n) is 3.00. The second kappa shape index (κ2) is 4.38. The lowest BCUT2D eigenvalue weighted by Gasteiger charge is -2.17. The van der Waals surface area contributed by atoms with Crippen LogP contribution in [-0.4, -0.2) is 4.22 Å². The van der Waals surface area contributed by atoms with Crippen molar-refractivity contribution in [3.8, 4) is 0 Å². The predicted octanol–water partition coefficient (Wildman–Crippen LogP) is 3.27. The number of aliphatic imine (C=N–C) groups is 1. The first-order chi connectivity index (χ1) is 4.52. The zero-order chi connectivity index (χ0) is 8.20. The van der Waals surface area contributed by atoms with Gasteiger partial charge in [-0.1, -0.05) is 20.8 Å². The summed E-state index contributed by atoms with van der Waals surface area (Å²) < 4.78 is 1.76. The second-order valence-electron chi connectivity index (χ2n) is 2.99. The van der Waals surface area contributed by atoms with Crippen LogP contribution in [-0.2, 0) is 0 Å². The lowest BCUT2D eigenvalue weighted by atomic mass is 9.93. The van der Waals surface area contributed by atoms with Crippen molar-refractivity contribution in [1.29, 1.82) is 0 Å². The van der Waals surface area contributed by atoms with Crippen LogP contribution in [0.4, 0.5) is 0 Å². The molecule has 0 amide bonds. The minimum Gasteiger partial charge on any atom is -0.254 e. The molecule has 0 aliphatic carbocycles. The zero-order valence-electron chi connectivity index (χ0n) is 6.43. The van der Waals surface area contributed by atoms with Gasteiger partial charge in [0.25, 0.3) is 0 Å². The van der Waals surface area contributed by atoms with Crippen LogP contribution < -0.4 is 0 Å². The highest BCUT2D eigenvalue weighted by molar-refractivity contribution is 14.1. The Morgan fingerprint density at radius 2 is 2.00 bits per heavy atom. The van der Waals surface area contributed by atoms with Crippen molar-refractivity contribution >= 4 is 39.4 Å². The Hall–Kier alpha value is 0.490. The molecule has 0 spiro atoms. The fourth-order valence-electron chi connectivity index (χ4n) is 0.473. The summed E-state index contributed by atoms with van der Waals surface area (Å²) in [6, 6.07) is 0. The number of rotatable bonds is 1. The van der Waals surface area contributed by atoms with E-state index in [0.29, 0.717) is 0 Å². The number of hydrogen-bond donors (Lipinski definition) is 1. The fraction of sp³-hybridized carbons (Fsp3) is 0.571. The molecule has 0 rings (SSSR count). The smallest absolute Gasteiger partial charge is 0.0654 e. The van der Waals surface area contributed by atoms with Gasteiger partial charge in [0, 0.05) is 5.41 Å². The topological polar surface area (TPSA) is 12.4 Å². The van der Waals surface area contributed by atoms with Crippen LogP contribution in [0.2, 0.25) is 0 Å². The summed E-state index contributed by atoms with van der Waals surface area (Å²) >= 11 is 6.16. The molecule has 0 saturated carbocycles. The van der Waals surface area contributed by atoms with Gasteiger partial charge in [0.05, 0.1) is 9.92 Å². The largest absolute Gasteiger partial charge is 0.254 e. The third-order valence-corrected chi connectivity index (χ3v) is 1.60. The van der Waals surface area contributed by atoms with E-state index in [9.17, 15) is 0 Å². The molecule has 0 saturated heterocycles. The summed E-state index contributed by atoms with van der Waals surface area (Å²) in [6.45, 7) is 6.33. The number of hydrogen-bond acceptors (Lipinski definition) is 2. The molecule has 58 valence electrons. The highest BCUT2D eigenvalue weighted by Gasteiger charge is 2.14. The molecule has 0 unspecified atom stereocenters. The maximum Gasteiger partial charge on any atom is 0.0654 e. The lowest BCUT2D eigenvalue weighted by molar-refractivity contribution is 0.500. The first-order valence-corrected chi connectivity index (χ1v) is 4.76. The summed E-state index contributed by atoms with van der Waals surface area (Å²) in [5.74, 6) is 0. The Morgan fingerprint density at radius 1 is 1.50 bits per heavy atom. The molecule has 0 aromatic carbocycles. The molecular formula is C7H12INS. The van der Waals surface area contributed by atoms with Gasteiger partial charge in [-0.25, -0.2) is 0 Å². The van der Waals surface area contributed by atoms with Crippen LogP contribution in [0.3, 0.4) is 0 Å². The standard InChI is InChI=1S/C7H12INS/c1-7(2,3)6(4-10)9-5-8/h4-5,10H,1-3H3/b6-4-,9-5?. The molecule has 0 aliphatic heterocycles. The normalized spacial score (nSPS) is 14.7. The molecule has 0 bridgehead atoms. The molecule has 10 heavy (non-hydrogen) atoms. The minimum atomic E-state index is 0.101. The van der Waals surface area contributed by atoms with Crippen molar-refractivity contribution in [2.45, 2.75) is 20.8 Å². The van der Waals surface area contributed by atoms with Gasteiger partial charge in [-0.15, -0.1) is 12.6 Å². The van der Waals surface area contributed by atoms with E-state index in [0.717, 1.165) is 5.70 Å². The van der Waals surface area contributed by atoms with Crippen molar-refractivity contribution < 1.29 is 0 Å². The van der Waals surface area contributed by atoms with E-state index in [1.165, 1.54) is 0 Å². The molecular weight excluding hydrogens is 257 g/mol. The molecule has 0 aliphatic rings. The van der Waals surface area contributed by atoms with Gasteiger partial charge < -0.3 is 0 Å². The molecule has 0 N–H and O–H groups in total. The van der Waals surface area contributed by atoms with E-state index in [2.05, 4.69) is 61.0 Å². The Labute approximate surface area is 81.6 Å². The van der Waals surface area contributed by atoms with Crippen LogP contribution in [0.15, 0.2) is 16.1 Å². The summed E-state index contributed by atoms with van der Waals surface area (Å²) in [5, 5.41) is 1.75. The van der Waals surface area contributed by atoms with Gasteiger partial charge in [-0.05, 0) is 28.0 Å². The monoisotopic (exact) mass is 269 g/mol. The molecule has 3 heteroatoms. The molecule has 0 radical (unpaired) electrons. The Morgan fingerprint density at radius 3 is 2.10 bits per heavy atom. The maximum absolute atomic E-state index is 4.16. The molecule has 0 heterocycles. The minimum absolute atomic E-state index is 0.101. The van der Waals surface area contributed by atoms with Gasteiger partial charge in [0.2, 0.25) is 0 Å². The lowest BCUT2D eigenvalue weighted by Crippen LogP contribution is -2.06. The van der Waals surface area contributed by atoms with Crippen molar-refractivity contribution in [2.24, 2.45) is 10.4 Å². The average Bonchev–Trinajstić information content (AvgIpc) is 1.80. The summed E-state index contributed by atoms with van der Waals surface area (Å²) in [6.07, 6.45) is 0. The molecule has 0 atom stereocenters. The Bertz CT molecular complexity index is 155. The fourth-order valence-corrected chi connectivity index (χ4v) is 1.23. The SMILES string of the molecule is CC(C)(C)/C(=C/S)N=CI. The van der Waals surface area contributed by atoms with Crippen LogP contribution in [0.25, 0.3) is 0 Å². The van der Waals surface area contributed by atoms with Crippen molar-refractivity contribution in [1.82, 2.24) is 0 Å². The van der Waals surface area contributed by atoms with Crippen molar-refractivity contribution in [3.05, 3.63) is 11.1 Å². The van der Waals surface area contributed by atoms with Crippen LogP contribution in [0.5, 0.6) is 0 Å². The molecule has 0 aromatic rings. The number of thiol groups is 1. The number of nitrogens with zero attached hydrogens (tertiary/aromatic N) is 1. The van der Waals surface area contributed by atoms with Gasteiger partial charge >= 0.3 is 0 Å². The first kappa shape index (κ1) is 10.5. The zero-order valence-corrected chi connectivity index (χ0v) is 9.48. The van der Waals surface area contributed by atoms with Crippen LogP contribution in [0.1, 0.15) is 20.8 Å². The van der Waals surface area contributed by atoms with Crippen molar-refractivity contribution in [2.75, 3.05) is 0 Å². The van der Waals surface area contributed by atoms with Gasteiger partial charge in [0.1, 0.15) is 0 Å². The Balaban J connectivity index is 4.39. The Kier molecular flexibility index (Phi) is 4.60. The van der Waals surface area contributed by atoms with Crippen LogP contribution >= 0.6 is 35.2 Å². The molecule has 0 aromatic heterocycles. The molecule has 1 nitrogen and oxygen atoms in total. The third-order valence-electron chi connectivity index (χ3n) is 1.08. The maximum atomic E-state index is 4.16. The van der Waals surface area contributed by atoms with Crippen LogP contribution in [0, 0.1) is 5.41 Å². The quantitative estimate of drug-likeness (QED) is 0.426. The van der Waals surface area contributed by atoms with E-state index >= 15 is 0 Å². The number of halogens is 1. The molecule has 0 fully saturated rings. The van der Waals surface area contributed by atoms with Gasteiger partial charge in [0.15, 0.2) is 0 Å². The van der Waals surface area contributed by atoms with Crippen molar-refractivity contribution in [3.63, 3.8) is 0 Å². The third kappa shape index (κ3) is 3.61. The second-order valence-corrected chi connectivity index (χ2v) is 3.81. The van der Waals surface area contributed by atoms with E-state index in [1.807, 2.05) is 0 Å². The van der Waals surface area contributed by atoms with Gasteiger partial charge in [-0.3, -0.25) is 4.99 Å². The van der Waals surface area contributed by atoms with E-state index in [-0.39, 0.29) is 5.41 Å². The highest BCUT2D eigenvalue weighted by Crippen LogP contribution is 2.26. The average molecular weight is 269 g/mol. The summed E-state index contributed by atoms with van der Waals surface area (Å²) in [5.41, 5.74) is 1.11. The number of allylic oxidation sites excluding steroid dienone is 1. The van der Waals surface area contributed by atoms with E-state index in [4.69, 9.17) is 0 Å².